The van der Waals surface area contributed by atoms with E-state index in [0.29, 0.717) is 5.56 Å². The van der Waals surface area contributed by atoms with Crippen molar-refractivity contribution in [3.05, 3.63) is 28.0 Å². The van der Waals surface area contributed by atoms with Crippen molar-refractivity contribution >= 4 is 21.6 Å². The third-order valence-corrected chi connectivity index (χ3v) is 2.32. The van der Waals surface area contributed by atoms with Crippen LogP contribution in [0.3, 0.4) is 0 Å². The molecule has 0 amide bonds. The highest BCUT2D eigenvalue weighted by Crippen LogP contribution is 2.25. The molecule has 0 bridgehead atoms. The Morgan fingerprint density at radius 2 is 2.25 bits per heavy atom. The van der Waals surface area contributed by atoms with Crippen LogP contribution in [0.2, 0.25) is 0 Å². The number of rotatable bonds is 1. The van der Waals surface area contributed by atoms with E-state index < -0.39 is 5.82 Å². The molecule has 0 aliphatic rings. The summed E-state index contributed by atoms with van der Waals surface area (Å²) in [4.78, 5) is 0. The molecular formula is C8H6BrFN2. The minimum Gasteiger partial charge on any atom is -0.396 e. The zero-order valence-corrected chi connectivity index (χ0v) is 7.73. The molecule has 1 aromatic rings. The molecule has 1 rings (SSSR count). The summed E-state index contributed by atoms with van der Waals surface area (Å²) in [6.07, 6.45) is 0.178. The Bertz CT molecular complexity index is 344. The fourth-order valence-corrected chi connectivity index (χ4v) is 1.33. The molecule has 2 nitrogen and oxygen atoms in total. The van der Waals surface area contributed by atoms with Crippen LogP contribution in [-0.2, 0) is 6.42 Å². The molecule has 0 saturated heterocycles. The molecule has 0 aliphatic carbocycles. The summed E-state index contributed by atoms with van der Waals surface area (Å²) in [5.41, 5.74) is 6.00. The number of benzene rings is 1. The summed E-state index contributed by atoms with van der Waals surface area (Å²) < 4.78 is 13.3. The third-order valence-electron chi connectivity index (χ3n) is 1.46. The quantitative estimate of drug-likeness (QED) is 0.750. The van der Waals surface area contributed by atoms with Gasteiger partial charge in [0.1, 0.15) is 0 Å². The van der Waals surface area contributed by atoms with Crippen molar-refractivity contribution in [2.45, 2.75) is 6.42 Å². The molecule has 0 aromatic heterocycles. The minimum absolute atomic E-state index is 0.0866. The highest BCUT2D eigenvalue weighted by atomic mass is 79.9. The fraction of sp³-hybridized carbons (Fsp3) is 0.125. The normalized spacial score (nSPS) is 9.42. The minimum atomic E-state index is -0.497. The maximum atomic E-state index is 13.0. The summed E-state index contributed by atoms with van der Waals surface area (Å²) in [5.74, 6) is -0.497. The van der Waals surface area contributed by atoms with Gasteiger partial charge < -0.3 is 5.73 Å². The molecule has 0 unspecified atom stereocenters. The van der Waals surface area contributed by atoms with E-state index in [1.54, 1.807) is 6.07 Å². The maximum absolute atomic E-state index is 13.0. The van der Waals surface area contributed by atoms with Crippen molar-refractivity contribution < 1.29 is 4.39 Å². The van der Waals surface area contributed by atoms with E-state index >= 15 is 0 Å². The van der Waals surface area contributed by atoms with E-state index in [-0.39, 0.29) is 16.6 Å². The van der Waals surface area contributed by atoms with Gasteiger partial charge in [-0.3, -0.25) is 0 Å². The summed E-state index contributed by atoms with van der Waals surface area (Å²) in [5, 5.41) is 8.38. The Labute approximate surface area is 77.9 Å². The highest BCUT2D eigenvalue weighted by molar-refractivity contribution is 9.10. The number of nitrogens with zero attached hydrogens (tertiary/aromatic N) is 1. The van der Waals surface area contributed by atoms with Gasteiger partial charge in [-0.25, -0.2) is 4.39 Å². The molecule has 0 saturated carbocycles. The molecule has 0 spiro atoms. The molecule has 62 valence electrons. The van der Waals surface area contributed by atoms with Crippen LogP contribution in [0.4, 0.5) is 10.1 Å². The van der Waals surface area contributed by atoms with Gasteiger partial charge in [0.2, 0.25) is 0 Å². The van der Waals surface area contributed by atoms with E-state index in [9.17, 15) is 4.39 Å². The van der Waals surface area contributed by atoms with Crippen LogP contribution in [-0.4, -0.2) is 0 Å². The smallest absolute Gasteiger partial charge is 0.160 e. The molecule has 0 heterocycles. The first-order chi connectivity index (χ1) is 5.66. The first-order valence-corrected chi connectivity index (χ1v) is 4.05. The Balaban J connectivity index is 3.19. The Morgan fingerprint density at radius 3 is 2.83 bits per heavy atom. The molecule has 0 radical (unpaired) electrons. The van der Waals surface area contributed by atoms with Crippen LogP contribution in [0.25, 0.3) is 0 Å². The second-order valence-electron chi connectivity index (χ2n) is 2.28. The van der Waals surface area contributed by atoms with Crippen LogP contribution >= 0.6 is 15.9 Å². The van der Waals surface area contributed by atoms with Crippen molar-refractivity contribution in [2.75, 3.05) is 5.73 Å². The van der Waals surface area contributed by atoms with Gasteiger partial charge in [-0.2, -0.15) is 5.26 Å². The molecule has 4 heteroatoms. The summed E-state index contributed by atoms with van der Waals surface area (Å²) in [6, 6.07) is 5.02. The lowest BCUT2D eigenvalue weighted by Gasteiger charge is -2.02. The number of halogens is 2. The van der Waals surface area contributed by atoms with Gasteiger partial charge in [-0.05, 0) is 27.6 Å². The largest absolute Gasteiger partial charge is 0.396 e. The summed E-state index contributed by atoms with van der Waals surface area (Å²) >= 11 is 3.03. The van der Waals surface area contributed by atoms with Gasteiger partial charge >= 0.3 is 0 Å². The zero-order valence-electron chi connectivity index (χ0n) is 6.14. The van der Waals surface area contributed by atoms with E-state index in [2.05, 4.69) is 15.9 Å². The third kappa shape index (κ3) is 1.56. The second kappa shape index (κ2) is 3.55. The maximum Gasteiger partial charge on any atom is 0.160 e. The van der Waals surface area contributed by atoms with Gasteiger partial charge in [0.05, 0.1) is 22.7 Å². The molecule has 0 aliphatic heterocycles. The van der Waals surface area contributed by atoms with Gasteiger partial charge in [-0.15, -0.1) is 0 Å². The lowest BCUT2D eigenvalue weighted by atomic mass is 10.1. The zero-order chi connectivity index (χ0) is 9.14. The molecule has 2 N–H and O–H groups in total. The van der Waals surface area contributed by atoms with Gasteiger partial charge in [0, 0.05) is 0 Å². The van der Waals surface area contributed by atoms with Gasteiger partial charge in [-0.1, -0.05) is 6.07 Å². The Morgan fingerprint density at radius 1 is 1.58 bits per heavy atom. The highest BCUT2D eigenvalue weighted by Gasteiger charge is 2.07. The first kappa shape index (κ1) is 9.01. The molecule has 1 aromatic carbocycles. The standard InChI is InChI=1S/C8H6BrFN2/c9-7-5(3-4-11)1-2-6(12)8(7)10/h1-2H,3,12H2. The first-order valence-electron chi connectivity index (χ1n) is 3.26. The molecule has 12 heavy (non-hydrogen) atoms. The number of nitrogen functional groups attached to an aromatic ring is 1. The topological polar surface area (TPSA) is 49.8 Å². The lowest BCUT2D eigenvalue weighted by Crippen LogP contribution is -1.94. The van der Waals surface area contributed by atoms with E-state index in [1.165, 1.54) is 6.07 Å². The second-order valence-corrected chi connectivity index (χ2v) is 3.07. The number of anilines is 1. The van der Waals surface area contributed by atoms with Gasteiger partial charge in [0.25, 0.3) is 0 Å². The molecular weight excluding hydrogens is 223 g/mol. The summed E-state index contributed by atoms with van der Waals surface area (Å²) in [7, 11) is 0. The van der Waals surface area contributed by atoms with Gasteiger partial charge in [0.15, 0.2) is 5.82 Å². The Hall–Kier alpha value is -1.08. The lowest BCUT2D eigenvalue weighted by molar-refractivity contribution is 0.624. The predicted molar refractivity (Wildman–Crippen MR) is 47.8 cm³/mol. The van der Waals surface area contributed by atoms with E-state index in [0.717, 1.165) is 0 Å². The number of hydrogen-bond donors (Lipinski definition) is 1. The van der Waals surface area contributed by atoms with Crippen molar-refractivity contribution in [1.82, 2.24) is 0 Å². The van der Waals surface area contributed by atoms with E-state index in [4.69, 9.17) is 11.0 Å². The van der Waals surface area contributed by atoms with Crippen molar-refractivity contribution in [3.63, 3.8) is 0 Å². The average Bonchev–Trinajstić information content (AvgIpc) is 2.07. The molecule has 0 fully saturated rings. The monoisotopic (exact) mass is 228 g/mol. The van der Waals surface area contributed by atoms with E-state index in [1.807, 2.05) is 6.07 Å². The fourth-order valence-electron chi connectivity index (χ4n) is 0.826. The van der Waals surface area contributed by atoms with Crippen molar-refractivity contribution in [2.24, 2.45) is 0 Å². The number of nitrogens with two attached hydrogens (primary N) is 1. The number of nitriles is 1. The average molecular weight is 229 g/mol. The van der Waals surface area contributed by atoms with Crippen LogP contribution in [0.5, 0.6) is 0 Å². The Kier molecular flexibility index (Phi) is 2.66. The number of hydrogen-bond acceptors (Lipinski definition) is 2. The van der Waals surface area contributed by atoms with Crippen LogP contribution in [0.15, 0.2) is 16.6 Å². The van der Waals surface area contributed by atoms with Crippen LogP contribution in [0, 0.1) is 17.1 Å². The van der Waals surface area contributed by atoms with Crippen LogP contribution < -0.4 is 5.73 Å². The predicted octanol–water partition coefficient (Wildman–Crippen LogP) is 2.24. The molecule has 0 atom stereocenters. The van der Waals surface area contributed by atoms with Crippen molar-refractivity contribution in [3.8, 4) is 6.07 Å². The van der Waals surface area contributed by atoms with Crippen molar-refractivity contribution in [1.29, 1.82) is 5.26 Å². The summed E-state index contributed by atoms with van der Waals surface area (Å²) in [6.45, 7) is 0. The SMILES string of the molecule is N#CCc1ccc(N)c(F)c1Br. The van der Waals surface area contributed by atoms with Crippen LogP contribution in [0.1, 0.15) is 5.56 Å².